The summed E-state index contributed by atoms with van der Waals surface area (Å²) in [7, 11) is 3.06. The van der Waals surface area contributed by atoms with Gasteiger partial charge < -0.3 is 25.0 Å². The molecule has 0 aromatic rings. The summed E-state index contributed by atoms with van der Waals surface area (Å²) in [5.41, 5.74) is 0. The van der Waals surface area contributed by atoms with Gasteiger partial charge in [-0.15, -0.1) is 0 Å². The first-order valence-corrected chi connectivity index (χ1v) is 3.79. The lowest BCUT2D eigenvalue weighted by Gasteiger charge is -2.18. The Labute approximate surface area is 72.3 Å². The number of hydrogen-bond donors (Lipinski definition) is 3. The van der Waals surface area contributed by atoms with Crippen LogP contribution in [0.2, 0.25) is 0 Å². The lowest BCUT2D eigenvalue weighted by atomic mass is 10.3. The number of nitrogens with one attached hydrogen (secondary N) is 1. The number of methoxy groups -OCH3 is 2. The van der Waals surface area contributed by atoms with Crippen LogP contribution in [0, 0.1) is 0 Å². The molecular weight excluding hydrogens is 162 g/mol. The Morgan fingerprint density at radius 2 is 1.67 bits per heavy atom. The average molecular weight is 179 g/mol. The van der Waals surface area contributed by atoms with Crippen LogP contribution in [0.1, 0.15) is 0 Å². The summed E-state index contributed by atoms with van der Waals surface area (Å²) in [6, 6.07) is -0.308. The molecule has 0 saturated heterocycles. The fourth-order valence-electron chi connectivity index (χ4n) is 0.713. The van der Waals surface area contributed by atoms with Gasteiger partial charge in [0, 0.05) is 20.8 Å². The van der Waals surface area contributed by atoms with Crippen LogP contribution in [-0.4, -0.2) is 56.5 Å². The van der Waals surface area contributed by atoms with Crippen molar-refractivity contribution >= 4 is 0 Å². The first kappa shape index (κ1) is 11.8. The zero-order valence-corrected chi connectivity index (χ0v) is 7.49. The average Bonchev–Trinajstić information content (AvgIpc) is 2.13. The summed E-state index contributed by atoms with van der Waals surface area (Å²) in [5, 5.41) is 20.2. The Morgan fingerprint density at radius 1 is 1.17 bits per heavy atom. The molecule has 0 rings (SSSR count). The summed E-state index contributed by atoms with van der Waals surface area (Å²) < 4.78 is 9.78. The predicted octanol–water partition coefficient (Wildman–Crippen LogP) is -1.45. The van der Waals surface area contributed by atoms with E-state index < -0.39 is 0 Å². The quantitative estimate of drug-likeness (QED) is 0.417. The first-order valence-electron chi connectivity index (χ1n) is 3.79. The van der Waals surface area contributed by atoms with Crippen LogP contribution < -0.4 is 5.32 Å². The molecule has 0 aromatic heterocycles. The van der Waals surface area contributed by atoms with Crippen LogP contribution in [0.3, 0.4) is 0 Å². The fourth-order valence-corrected chi connectivity index (χ4v) is 0.713. The molecule has 0 aliphatic heterocycles. The number of hydrogen-bond acceptors (Lipinski definition) is 5. The van der Waals surface area contributed by atoms with Crippen molar-refractivity contribution in [1.29, 1.82) is 0 Å². The van der Waals surface area contributed by atoms with Crippen molar-refractivity contribution in [3.63, 3.8) is 0 Å². The largest absolute Gasteiger partial charge is 0.395 e. The van der Waals surface area contributed by atoms with E-state index in [1.807, 2.05) is 0 Å². The SMILES string of the molecule is COC(CNC(CO)CO)OC. The van der Waals surface area contributed by atoms with Gasteiger partial charge in [0.25, 0.3) is 0 Å². The summed E-state index contributed by atoms with van der Waals surface area (Å²) in [6.45, 7) is 0.242. The van der Waals surface area contributed by atoms with Crippen molar-refractivity contribution in [3.05, 3.63) is 0 Å². The number of aliphatic hydroxyl groups is 2. The molecule has 5 heteroatoms. The Kier molecular flexibility index (Phi) is 7.33. The van der Waals surface area contributed by atoms with Gasteiger partial charge in [0.05, 0.1) is 19.3 Å². The van der Waals surface area contributed by atoms with E-state index >= 15 is 0 Å². The van der Waals surface area contributed by atoms with Crippen molar-refractivity contribution in [1.82, 2.24) is 5.32 Å². The van der Waals surface area contributed by atoms with Gasteiger partial charge in [-0.05, 0) is 0 Å². The summed E-state index contributed by atoms with van der Waals surface area (Å²) in [4.78, 5) is 0. The molecule has 0 unspecified atom stereocenters. The van der Waals surface area contributed by atoms with E-state index in [-0.39, 0.29) is 25.5 Å². The normalized spacial score (nSPS) is 11.5. The first-order chi connectivity index (χ1) is 5.78. The maximum atomic E-state index is 8.68. The van der Waals surface area contributed by atoms with Crippen LogP contribution in [0.25, 0.3) is 0 Å². The van der Waals surface area contributed by atoms with Crippen LogP contribution in [0.4, 0.5) is 0 Å². The molecule has 0 aliphatic rings. The molecule has 0 radical (unpaired) electrons. The van der Waals surface area contributed by atoms with Crippen molar-refractivity contribution in [2.45, 2.75) is 12.3 Å². The van der Waals surface area contributed by atoms with Gasteiger partial charge in [0.2, 0.25) is 0 Å². The molecule has 0 spiro atoms. The molecular formula is C7H17NO4. The van der Waals surface area contributed by atoms with Crippen LogP contribution in [0.15, 0.2) is 0 Å². The summed E-state index contributed by atoms with van der Waals surface area (Å²) >= 11 is 0. The fraction of sp³-hybridized carbons (Fsp3) is 1.00. The molecule has 0 aromatic carbocycles. The second-order valence-electron chi connectivity index (χ2n) is 2.37. The van der Waals surface area contributed by atoms with Gasteiger partial charge in [-0.2, -0.15) is 0 Å². The van der Waals surface area contributed by atoms with E-state index in [1.54, 1.807) is 0 Å². The lowest BCUT2D eigenvalue weighted by Crippen LogP contribution is -2.41. The van der Waals surface area contributed by atoms with Crippen LogP contribution in [0.5, 0.6) is 0 Å². The molecule has 0 bridgehead atoms. The summed E-state index contributed by atoms with van der Waals surface area (Å²) in [5.74, 6) is 0. The minimum absolute atomic E-state index is 0.101. The minimum Gasteiger partial charge on any atom is -0.395 e. The maximum absolute atomic E-state index is 8.68. The molecule has 74 valence electrons. The third-order valence-corrected chi connectivity index (χ3v) is 1.54. The van der Waals surface area contributed by atoms with E-state index in [1.165, 1.54) is 14.2 Å². The van der Waals surface area contributed by atoms with Crippen molar-refractivity contribution in [2.75, 3.05) is 34.0 Å². The molecule has 12 heavy (non-hydrogen) atoms. The monoisotopic (exact) mass is 179 g/mol. The third kappa shape index (κ3) is 4.63. The molecule has 5 nitrogen and oxygen atoms in total. The second-order valence-corrected chi connectivity index (χ2v) is 2.37. The summed E-state index contributed by atoms with van der Waals surface area (Å²) in [6.07, 6.45) is -0.342. The Morgan fingerprint density at radius 3 is 2.00 bits per heavy atom. The van der Waals surface area contributed by atoms with Gasteiger partial charge in [-0.25, -0.2) is 0 Å². The second kappa shape index (κ2) is 7.45. The third-order valence-electron chi connectivity index (χ3n) is 1.54. The molecule has 0 aliphatic carbocycles. The van der Waals surface area contributed by atoms with E-state index in [9.17, 15) is 0 Å². The van der Waals surface area contributed by atoms with Crippen LogP contribution >= 0.6 is 0 Å². The molecule has 0 amide bonds. The molecule has 0 fully saturated rings. The van der Waals surface area contributed by atoms with Gasteiger partial charge >= 0.3 is 0 Å². The Balaban J connectivity index is 3.49. The van der Waals surface area contributed by atoms with Crippen LogP contribution in [-0.2, 0) is 9.47 Å². The van der Waals surface area contributed by atoms with Crippen molar-refractivity contribution in [2.24, 2.45) is 0 Å². The maximum Gasteiger partial charge on any atom is 0.169 e. The predicted molar refractivity (Wildman–Crippen MR) is 43.8 cm³/mol. The Hall–Kier alpha value is -0.200. The van der Waals surface area contributed by atoms with E-state index in [4.69, 9.17) is 19.7 Å². The highest BCUT2D eigenvalue weighted by Gasteiger charge is 2.09. The van der Waals surface area contributed by atoms with Gasteiger partial charge in [-0.1, -0.05) is 0 Å². The number of ether oxygens (including phenoxy) is 2. The topological polar surface area (TPSA) is 71.0 Å². The minimum atomic E-state index is -0.342. The highest BCUT2D eigenvalue weighted by atomic mass is 16.7. The molecule has 0 atom stereocenters. The standard InChI is InChI=1S/C7H17NO4/c1-11-7(12-2)3-8-6(4-9)5-10/h6-10H,3-5H2,1-2H3. The molecule has 0 heterocycles. The van der Waals surface area contributed by atoms with Gasteiger partial charge in [0.15, 0.2) is 6.29 Å². The number of rotatable bonds is 7. The van der Waals surface area contributed by atoms with Crippen molar-refractivity contribution in [3.8, 4) is 0 Å². The van der Waals surface area contributed by atoms with E-state index in [2.05, 4.69) is 5.32 Å². The molecule has 0 saturated carbocycles. The van der Waals surface area contributed by atoms with Crippen molar-refractivity contribution < 1.29 is 19.7 Å². The highest BCUT2D eigenvalue weighted by Crippen LogP contribution is 1.89. The zero-order chi connectivity index (χ0) is 9.40. The van der Waals surface area contributed by atoms with Gasteiger partial charge in [0.1, 0.15) is 0 Å². The van der Waals surface area contributed by atoms with E-state index in [0.717, 1.165) is 0 Å². The zero-order valence-electron chi connectivity index (χ0n) is 7.49. The number of aliphatic hydroxyl groups excluding tert-OH is 2. The lowest BCUT2D eigenvalue weighted by molar-refractivity contribution is -0.101. The Bertz CT molecular complexity index is 81.4. The molecule has 3 N–H and O–H groups in total. The van der Waals surface area contributed by atoms with Gasteiger partial charge in [-0.3, -0.25) is 0 Å². The smallest absolute Gasteiger partial charge is 0.169 e. The highest BCUT2D eigenvalue weighted by molar-refractivity contribution is 4.63. The van der Waals surface area contributed by atoms with E-state index in [0.29, 0.717) is 6.54 Å².